The Morgan fingerprint density at radius 3 is 2.52 bits per heavy atom. The lowest BCUT2D eigenvalue weighted by Gasteiger charge is -2.18. The zero-order valence-corrected chi connectivity index (χ0v) is 13.8. The average Bonchev–Trinajstić information content (AvgIpc) is 2.44. The van der Waals surface area contributed by atoms with Crippen LogP contribution in [-0.4, -0.2) is 36.1 Å². The second kappa shape index (κ2) is 8.79. The fourth-order valence-corrected chi connectivity index (χ4v) is 2.39. The molecule has 0 saturated carbocycles. The molecule has 0 radical (unpaired) electrons. The largest absolute Gasteiger partial charge is 0.394 e. The molecule has 0 aliphatic heterocycles. The number of aliphatic hydroxyl groups is 1. The first kappa shape index (κ1) is 17.7. The topological polar surface area (TPSA) is 78.4 Å². The lowest BCUT2D eigenvalue weighted by molar-refractivity contribution is -0.121. The molecule has 116 valence electrons. The maximum atomic E-state index is 11.9. The lowest BCUT2D eigenvalue weighted by atomic mass is 10.0. The number of carbonyl (C=O) groups excluding carboxylic acids is 2. The summed E-state index contributed by atoms with van der Waals surface area (Å²) in [7, 11) is 0. The van der Waals surface area contributed by atoms with E-state index >= 15 is 0 Å². The van der Waals surface area contributed by atoms with Crippen LogP contribution in [0.4, 0.5) is 0 Å². The monoisotopic (exact) mass is 356 g/mol. The first-order valence-electron chi connectivity index (χ1n) is 6.87. The molecule has 5 nitrogen and oxygen atoms in total. The first-order chi connectivity index (χ1) is 9.93. The molecule has 21 heavy (non-hydrogen) atoms. The van der Waals surface area contributed by atoms with Crippen LogP contribution in [0.5, 0.6) is 0 Å². The summed E-state index contributed by atoms with van der Waals surface area (Å²) >= 11 is 3.29. The minimum Gasteiger partial charge on any atom is -0.394 e. The maximum Gasteiger partial charge on any atom is 0.252 e. The summed E-state index contributed by atoms with van der Waals surface area (Å²) in [6.45, 7) is 3.81. The minimum absolute atomic E-state index is 0.109. The maximum absolute atomic E-state index is 11.9. The van der Waals surface area contributed by atoms with Crippen LogP contribution in [0.15, 0.2) is 28.7 Å². The quantitative estimate of drug-likeness (QED) is 0.695. The summed E-state index contributed by atoms with van der Waals surface area (Å²) < 4.78 is 0.677. The zero-order valence-electron chi connectivity index (χ0n) is 12.2. The highest BCUT2D eigenvalue weighted by molar-refractivity contribution is 9.10. The molecule has 1 unspecified atom stereocenters. The van der Waals surface area contributed by atoms with Gasteiger partial charge >= 0.3 is 0 Å². The van der Waals surface area contributed by atoms with E-state index in [0.29, 0.717) is 22.4 Å². The van der Waals surface area contributed by atoms with Crippen molar-refractivity contribution < 1.29 is 14.7 Å². The third-order valence-electron chi connectivity index (χ3n) is 2.87. The van der Waals surface area contributed by atoms with Crippen molar-refractivity contribution in [2.75, 3.05) is 13.2 Å². The molecular formula is C15H21BrN2O3. The van der Waals surface area contributed by atoms with Crippen LogP contribution in [0, 0.1) is 5.92 Å². The summed E-state index contributed by atoms with van der Waals surface area (Å²) in [5, 5.41) is 14.5. The van der Waals surface area contributed by atoms with Gasteiger partial charge in [0.2, 0.25) is 5.91 Å². The summed E-state index contributed by atoms with van der Waals surface area (Å²) in [5.74, 6) is -0.255. The summed E-state index contributed by atoms with van der Waals surface area (Å²) in [5.41, 5.74) is 0.478. The Kier molecular flexibility index (Phi) is 7.39. The Hall–Kier alpha value is -1.40. The highest BCUT2D eigenvalue weighted by Crippen LogP contribution is 2.15. The van der Waals surface area contributed by atoms with Crippen molar-refractivity contribution in [2.24, 2.45) is 5.92 Å². The third-order valence-corrected chi connectivity index (χ3v) is 3.56. The van der Waals surface area contributed by atoms with Gasteiger partial charge in [0.1, 0.15) is 0 Å². The molecule has 0 aliphatic carbocycles. The molecule has 0 bridgehead atoms. The van der Waals surface area contributed by atoms with E-state index in [1.54, 1.807) is 18.2 Å². The fraction of sp³-hybridized carbons (Fsp3) is 0.467. The second-order valence-corrected chi connectivity index (χ2v) is 6.09. The average molecular weight is 357 g/mol. The van der Waals surface area contributed by atoms with Gasteiger partial charge < -0.3 is 15.7 Å². The van der Waals surface area contributed by atoms with Gasteiger partial charge in [0, 0.05) is 4.47 Å². The van der Waals surface area contributed by atoms with Crippen molar-refractivity contribution >= 4 is 27.7 Å². The number of benzene rings is 1. The lowest BCUT2D eigenvalue weighted by Crippen LogP contribution is -2.44. The Labute approximate surface area is 133 Å². The molecule has 1 aromatic rings. The molecule has 0 aliphatic rings. The molecule has 1 rings (SSSR count). The smallest absolute Gasteiger partial charge is 0.252 e. The van der Waals surface area contributed by atoms with Crippen LogP contribution in [0.3, 0.4) is 0 Å². The number of halogens is 1. The molecule has 1 atom stereocenters. The Morgan fingerprint density at radius 1 is 1.29 bits per heavy atom. The fourth-order valence-electron chi connectivity index (χ4n) is 1.93. The van der Waals surface area contributed by atoms with E-state index < -0.39 is 0 Å². The van der Waals surface area contributed by atoms with Crippen LogP contribution in [0.1, 0.15) is 30.6 Å². The van der Waals surface area contributed by atoms with Crippen molar-refractivity contribution in [2.45, 2.75) is 26.3 Å². The van der Waals surface area contributed by atoms with Crippen molar-refractivity contribution in [3.8, 4) is 0 Å². The highest BCUT2D eigenvalue weighted by atomic mass is 79.9. The molecule has 3 N–H and O–H groups in total. The van der Waals surface area contributed by atoms with Gasteiger partial charge in [0.25, 0.3) is 5.91 Å². The minimum atomic E-state index is -0.318. The van der Waals surface area contributed by atoms with Gasteiger partial charge in [-0.2, -0.15) is 0 Å². The van der Waals surface area contributed by atoms with Gasteiger partial charge in [0.05, 0.1) is 24.8 Å². The number of amides is 2. The SMILES string of the molecule is CC(C)CC(CO)NC(=O)CNC(=O)c1ccccc1Br. The molecule has 6 heteroatoms. The zero-order chi connectivity index (χ0) is 15.8. The molecule has 0 spiro atoms. The van der Waals surface area contributed by atoms with E-state index in [9.17, 15) is 14.7 Å². The van der Waals surface area contributed by atoms with Gasteiger partial charge in [0.15, 0.2) is 0 Å². The molecule has 0 fully saturated rings. The number of hydrogen-bond acceptors (Lipinski definition) is 3. The summed E-state index contributed by atoms with van der Waals surface area (Å²) in [6, 6.07) is 6.72. The van der Waals surface area contributed by atoms with E-state index in [-0.39, 0.29) is 31.0 Å². The van der Waals surface area contributed by atoms with Gasteiger partial charge in [-0.25, -0.2) is 0 Å². The number of aliphatic hydroxyl groups excluding tert-OH is 1. The summed E-state index contributed by atoms with van der Waals surface area (Å²) in [6.07, 6.45) is 0.695. The molecule has 0 heterocycles. The first-order valence-corrected chi connectivity index (χ1v) is 7.66. The van der Waals surface area contributed by atoms with Crippen LogP contribution in [0.2, 0.25) is 0 Å². The Bertz CT molecular complexity index is 492. The van der Waals surface area contributed by atoms with Crippen molar-refractivity contribution in [1.29, 1.82) is 0 Å². The van der Waals surface area contributed by atoms with Crippen LogP contribution >= 0.6 is 15.9 Å². The van der Waals surface area contributed by atoms with E-state index in [0.717, 1.165) is 0 Å². The van der Waals surface area contributed by atoms with Gasteiger partial charge in [-0.3, -0.25) is 9.59 Å². The normalized spacial score (nSPS) is 12.0. The Morgan fingerprint density at radius 2 is 1.95 bits per heavy atom. The molecular weight excluding hydrogens is 336 g/mol. The molecule has 2 amide bonds. The van der Waals surface area contributed by atoms with Crippen molar-refractivity contribution in [3.05, 3.63) is 34.3 Å². The number of nitrogens with one attached hydrogen (secondary N) is 2. The van der Waals surface area contributed by atoms with Crippen molar-refractivity contribution in [1.82, 2.24) is 10.6 Å². The van der Waals surface area contributed by atoms with E-state index in [2.05, 4.69) is 26.6 Å². The molecule has 0 aromatic heterocycles. The second-order valence-electron chi connectivity index (χ2n) is 5.24. The van der Waals surface area contributed by atoms with Gasteiger partial charge in [-0.05, 0) is 40.4 Å². The molecule has 0 saturated heterocycles. The third kappa shape index (κ3) is 6.27. The Balaban J connectivity index is 2.46. The summed E-state index contributed by atoms with van der Waals surface area (Å²) in [4.78, 5) is 23.7. The van der Waals surface area contributed by atoms with Gasteiger partial charge in [-0.15, -0.1) is 0 Å². The van der Waals surface area contributed by atoms with Crippen LogP contribution in [0.25, 0.3) is 0 Å². The van der Waals surface area contributed by atoms with Crippen LogP contribution < -0.4 is 10.6 Å². The predicted molar refractivity (Wildman–Crippen MR) is 84.9 cm³/mol. The predicted octanol–water partition coefficient (Wildman–Crippen LogP) is 1.70. The standard InChI is InChI=1S/C15H21BrN2O3/c1-10(2)7-11(9-19)18-14(20)8-17-15(21)12-5-3-4-6-13(12)16/h3-6,10-11,19H,7-9H2,1-2H3,(H,17,21)(H,18,20). The van der Waals surface area contributed by atoms with E-state index in [1.165, 1.54) is 0 Å². The number of carbonyl (C=O) groups is 2. The molecule has 1 aromatic carbocycles. The number of rotatable bonds is 7. The van der Waals surface area contributed by atoms with Crippen molar-refractivity contribution in [3.63, 3.8) is 0 Å². The van der Waals surface area contributed by atoms with E-state index in [1.807, 2.05) is 19.9 Å². The number of hydrogen-bond donors (Lipinski definition) is 3. The van der Waals surface area contributed by atoms with Crippen LogP contribution in [-0.2, 0) is 4.79 Å². The highest BCUT2D eigenvalue weighted by Gasteiger charge is 2.14. The van der Waals surface area contributed by atoms with E-state index in [4.69, 9.17) is 0 Å². The van der Waals surface area contributed by atoms with Gasteiger partial charge in [-0.1, -0.05) is 26.0 Å².